The Balaban J connectivity index is 1.88. The van der Waals surface area contributed by atoms with Gasteiger partial charge < -0.3 is 13.7 Å². The zero-order chi connectivity index (χ0) is 23.2. The topological polar surface area (TPSA) is 82.6 Å². The summed E-state index contributed by atoms with van der Waals surface area (Å²) in [5.74, 6) is 1.80. The Labute approximate surface area is 196 Å². The predicted octanol–water partition coefficient (Wildman–Crippen LogP) is 4.57. The molecule has 2 aliphatic heterocycles. The van der Waals surface area contributed by atoms with E-state index in [-0.39, 0.29) is 11.6 Å². The molecule has 0 saturated carbocycles. The van der Waals surface area contributed by atoms with Crippen LogP contribution in [0.25, 0.3) is 0 Å². The van der Waals surface area contributed by atoms with Gasteiger partial charge in [-0.1, -0.05) is 43.5 Å². The van der Waals surface area contributed by atoms with E-state index in [4.69, 9.17) is 25.9 Å². The zero-order valence-electron chi connectivity index (χ0n) is 18.6. The van der Waals surface area contributed by atoms with E-state index in [0.717, 1.165) is 16.1 Å². The molecule has 0 unspecified atom stereocenters. The lowest BCUT2D eigenvalue weighted by atomic mass is 10.1. The second kappa shape index (κ2) is 9.44. The Kier molecular flexibility index (Phi) is 7.86. The SMILES string of the molecule is Cc1cn([C@@H]2O[C@H](CO[Si](C)(C)C(C)(C)C)[C@@H](O[P]3(S)SCCS3)[C@H]2F)c(=O)[nH]c1=O. The zero-order valence-corrected chi connectivity index (χ0v) is 23.0. The second-order valence-corrected chi connectivity index (χ2v) is 25.2. The molecular weight excluding hydrogens is 498 g/mol. The number of halogens is 1. The van der Waals surface area contributed by atoms with Crippen LogP contribution in [0.15, 0.2) is 15.8 Å². The van der Waals surface area contributed by atoms with Crippen molar-refractivity contribution < 1.29 is 18.1 Å². The van der Waals surface area contributed by atoms with Crippen molar-refractivity contribution in [2.75, 3.05) is 18.1 Å². The van der Waals surface area contributed by atoms with Crippen molar-refractivity contribution in [2.45, 2.75) is 70.4 Å². The monoisotopic (exact) mass is 529 g/mol. The van der Waals surface area contributed by atoms with Gasteiger partial charge in [-0.2, -0.15) is 0 Å². The molecule has 2 saturated heterocycles. The van der Waals surface area contributed by atoms with Gasteiger partial charge in [-0.05, 0) is 25.1 Å². The van der Waals surface area contributed by atoms with Gasteiger partial charge in [0.15, 0.2) is 20.7 Å². The molecule has 3 rings (SSSR count). The molecule has 7 nitrogen and oxygen atoms in total. The van der Waals surface area contributed by atoms with Crippen LogP contribution in [0.5, 0.6) is 0 Å². The number of ether oxygens (including phenoxy) is 1. The van der Waals surface area contributed by atoms with Gasteiger partial charge in [-0.25, -0.2) is 9.18 Å². The van der Waals surface area contributed by atoms with Crippen LogP contribution >= 0.6 is 40.1 Å². The van der Waals surface area contributed by atoms with Crippen LogP contribution < -0.4 is 11.2 Å². The van der Waals surface area contributed by atoms with Crippen molar-refractivity contribution >= 4 is 48.4 Å². The Hall–Kier alpha value is 0.187. The summed E-state index contributed by atoms with van der Waals surface area (Å²) in [4.78, 5) is 26.3. The van der Waals surface area contributed by atoms with Crippen LogP contribution in [0, 0.1) is 6.92 Å². The molecule has 1 aromatic rings. The average molecular weight is 530 g/mol. The number of aromatic amines is 1. The first-order valence-corrected chi connectivity index (χ1v) is 19.0. The third-order valence-electron chi connectivity index (χ3n) is 5.95. The van der Waals surface area contributed by atoms with Gasteiger partial charge in [0.1, 0.15) is 17.3 Å². The summed E-state index contributed by atoms with van der Waals surface area (Å²) in [5, 5.41) is -2.19. The van der Waals surface area contributed by atoms with Crippen LogP contribution in [0.1, 0.15) is 32.6 Å². The summed E-state index contributed by atoms with van der Waals surface area (Å²) in [7, 11) is -2.11. The fraction of sp³-hybridized carbons (Fsp3) is 0.778. The number of nitrogens with zero attached hydrogens (tertiary/aromatic N) is 1. The second-order valence-electron chi connectivity index (χ2n) is 9.26. The molecule has 31 heavy (non-hydrogen) atoms. The average Bonchev–Trinajstić information content (AvgIpc) is 3.21. The molecule has 2 fully saturated rings. The van der Waals surface area contributed by atoms with Crippen molar-refractivity contribution in [1.29, 1.82) is 0 Å². The summed E-state index contributed by atoms with van der Waals surface area (Å²) in [6, 6.07) is 0. The molecule has 0 aromatic carbocycles. The number of hydrogen-bond acceptors (Lipinski definition) is 8. The molecule has 2 aliphatic rings. The van der Waals surface area contributed by atoms with E-state index in [9.17, 15) is 9.59 Å². The lowest BCUT2D eigenvalue weighted by Gasteiger charge is -2.37. The first-order chi connectivity index (χ1) is 14.2. The molecule has 0 bridgehead atoms. The fourth-order valence-corrected chi connectivity index (χ4v) is 13.6. The maximum absolute atomic E-state index is 15.7. The van der Waals surface area contributed by atoms with Crippen LogP contribution in [-0.4, -0.2) is 54.4 Å². The van der Waals surface area contributed by atoms with Gasteiger partial charge in [0.25, 0.3) is 5.56 Å². The van der Waals surface area contributed by atoms with Gasteiger partial charge in [0, 0.05) is 23.3 Å². The molecule has 3 heterocycles. The van der Waals surface area contributed by atoms with E-state index in [1.807, 2.05) is 0 Å². The van der Waals surface area contributed by atoms with Crippen LogP contribution in [0.4, 0.5) is 4.39 Å². The van der Waals surface area contributed by atoms with E-state index >= 15 is 4.39 Å². The van der Waals surface area contributed by atoms with E-state index in [1.165, 1.54) is 6.20 Å². The minimum Gasteiger partial charge on any atom is -0.414 e. The maximum Gasteiger partial charge on any atom is 0.330 e. The third-order valence-corrected chi connectivity index (χ3v) is 20.5. The molecule has 177 valence electrons. The molecule has 1 radical (unpaired) electrons. The standard InChI is InChI=1S/C18H31FN2O5PS3Si/c1-11-9-21(17(23)20-15(11)22)16-13(19)14(26-27(28)29-7-8-30-27)12(25-16)10-24-31(5,6)18(2,3)4/h9,12-14,16,28H,7-8,10H2,1-6H3,(H,20,22,23)/t12-,13-,14-,16-/m1/s1. The number of aryl methyl sites for hydroxylation is 1. The van der Waals surface area contributed by atoms with E-state index in [0.29, 0.717) is 5.56 Å². The third kappa shape index (κ3) is 5.64. The molecule has 13 heteroatoms. The summed E-state index contributed by atoms with van der Waals surface area (Å²) in [6.07, 6.45) is -3.10. The molecule has 4 atom stereocenters. The summed E-state index contributed by atoms with van der Waals surface area (Å²) >= 11 is 7.95. The highest BCUT2D eigenvalue weighted by molar-refractivity contribution is 9.15. The number of alkyl halides is 1. The Morgan fingerprint density at radius 2 is 1.97 bits per heavy atom. The number of aromatic nitrogens is 2. The number of nitrogens with one attached hydrogen (secondary N) is 1. The fourth-order valence-electron chi connectivity index (χ4n) is 3.02. The number of H-pyrrole nitrogens is 1. The van der Waals surface area contributed by atoms with Crippen molar-refractivity contribution in [3.63, 3.8) is 0 Å². The van der Waals surface area contributed by atoms with E-state index in [2.05, 4.69) is 38.8 Å². The van der Waals surface area contributed by atoms with Crippen molar-refractivity contribution in [2.24, 2.45) is 0 Å². The van der Waals surface area contributed by atoms with Crippen molar-refractivity contribution in [1.82, 2.24) is 9.55 Å². The lowest BCUT2D eigenvalue weighted by Crippen LogP contribution is -2.44. The highest BCUT2D eigenvalue weighted by Gasteiger charge is 2.52. The van der Waals surface area contributed by atoms with Gasteiger partial charge in [0.2, 0.25) is 0 Å². The predicted molar refractivity (Wildman–Crippen MR) is 134 cm³/mol. The van der Waals surface area contributed by atoms with Gasteiger partial charge >= 0.3 is 5.69 Å². The molecule has 0 spiro atoms. The minimum atomic E-state index is -2.17. The Morgan fingerprint density at radius 3 is 2.55 bits per heavy atom. The van der Waals surface area contributed by atoms with Gasteiger partial charge in [-0.3, -0.25) is 14.3 Å². The summed E-state index contributed by atoms with van der Waals surface area (Å²) < 4.78 is 35.3. The van der Waals surface area contributed by atoms with Crippen molar-refractivity contribution in [3.05, 3.63) is 32.6 Å². The summed E-state index contributed by atoms with van der Waals surface area (Å²) in [5.41, 5.74) is -0.916. The first-order valence-electron chi connectivity index (χ1n) is 10.1. The summed E-state index contributed by atoms with van der Waals surface area (Å²) in [6.45, 7) is 12.4. The molecule has 0 aliphatic carbocycles. The van der Waals surface area contributed by atoms with E-state index < -0.39 is 49.3 Å². The Bertz CT molecular complexity index is 919. The molecule has 1 N–H and O–H groups in total. The largest absolute Gasteiger partial charge is 0.414 e. The smallest absolute Gasteiger partial charge is 0.330 e. The highest BCUT2D eigenvalue weighted by Crippen LogP contribution is 2.87. The highest BCUT2D eigenvalue weighted by atomic mass is 33.4. The normalized spacial score (nSPS) is 28.9. The van der Waals surface area contributed by atoms with Crippen molar-refractivity contribution in [3.8, 4) is 0 Å². The molecule has 1 aromatic heterocycles. The van der Waals surface area contributed by atoms with Crippen LogP contribution in [0.2, 0.25) is 18.1 Å². The number of rotatable bonds is 6. The lowest BCUT2D eigenvalue weighted by molar-refractivity contribution is -0.0438. The Morgan fingerprint density at radius 1 is 1.35 bits per heavy atom. The van der Waals surface area contributed by atoms with Gasteiger partial charge in [0.05, 0.1) is 6.61 Å². The van der Waals surface area contributed by atoms with Crippen LogP contribution in [0.3, 0.4) is 0 Å². The van der Waals surface area contributed by atoms with Gasteiger partial charge in [-0.15, -0.1) is 12.2 Å². The quantitative estimate of drug-likeness (QED) is 0.317. The first kappa shape index (κ1) is 25.8. The number of thiol groups is 1. The minimum absolute atomic E-state index is 0.0155. The molecule has 0 amide bonds. The maximum atomic E-state index is 15.7. The number of hydrogen-bond donors (Lipinski definition) is 2. The van der Waals surface area contributed by atoms with Crippen LogP contribution in [-0.2, 0) is 13.7 Å². The molecular formula is C18H31FN2O5PS3Si. The van der Waals surface area contributed by atoms with E-state index in [1.54, 1.807) is 29.7 Å².